The van der Waals surface area contributed by atoms with E-state index in [0.717, 1.165) is 52.6 Å². The number of ether oxygens (including phenoxy) is 2. The van der Waals surface area contributed by atoms with Crippen molar-refractivity contribution in [2.75, 3.05) is 26.3 Å². The fourth-order valence-electron chi connectivity index (χ4n) is 4.76. The Balaban J connectivity index is 1.26. The molecule has 39 heavy (non-hydrogen) atoms. The zero-order valence-electron chi connectivity index (χ0n) is 21.8. The van der Waals surface area contributed by atoms with Crippen LogP contribution in [0, 0.1) is 18.6 Å². The Morgan fingerprint density at radius 2 is 1.77 bits per heavy atom. The van der Waals surface area contributed by atoms with E-state index in [2.05, 4.69) is 27.3 Å². The molecule has 0 atom stereocenters. The number of amides is 1. The van der Waals surface area contributed by atoms with Crippen molar-refractivity contribution in [2.45, 2.75) is 38.8 Å². The monoisotopic (exact) mass is 596 g/mol. The van der Waals surface area contributed by atoms with Crippen LogP contribution in [0.4, 0.5) is 8.78 Å². The number of hydrogen-bond acceptors (Lipinski definition) is 4. The zero-order chi connectivity index (χ0) is 27.4. The van der Waals surface area contributed by atoms with Crippen molar-refractivity contribution < 1.29 is 23.0 Å². The number of carbonyl (C=O) groups is 1. The minimum Gasteiger partial charge on any atom is -0.490 e. The number of aryl methyl sites for hydroxylation is 1. The summed E-state index contributed by atoms with van der Waals surface area (Å²) in [4.78, 5) is 15.8. The largest absolute Gasteiger partial charge is 0.490 e. The van der Waals surface area contributed by atoms with Gasteiger partial charge in [0.05, 0.1) is 0 Å². The number of rotatable bonds is 10. The van der Waals surface area contributed by atoms with Gasteiger partial charge in [-0.15, -0.1) is 0 Å². The number of halogens is 3. The molecule has 2 aliphatic rings. The molecule has 3 aromatic carbocycles. The molecule has 0 saturated heterocycles. The Morgan fingerprint density at radius 3 is 2.51 bits per heavy atom. The first-order chi connectivity index (χ1) is 18.9. The summed E-state index contributed by atoms with van der Waals surface area (Å²) in [6.45, 7) is 3.61. The molecule has 0 spiro atoms. The first kappa shape index (κ1) is 27.3. The SMILES string of the molecule is Cc1ccc(F)c(OCCOc2ccc(C3=C(C(=O)N(Cc4ccccc4Br)C4CC4)CNCC3)cc2)c1F. The topological polar surface area (TPSA) is 50.8 Å². The van der Waals surface area contributed by atoms with Crippen molar-refractivity contribution in [3.8, 4) is 11.5 Å². The summed E-state index contributed by atoms with van der Waals surface area (Å²) in [6.07, 6.45) is 2.83. The zero-order valence-corrected chi connectivity index (χ0v) is 23.4. The van der Waals surface area contributed by atoms with Gasteiger partial charge in [-0.3, -0.25) is 4.79 Å². The Kier molecular flexibility index (Phi) is 8.63. The molecule has 3 aromatic rings. The minimum absolute atomic E-state index is 0.00302. The maximum Gasteiger partial charge on any atom is 0.251 e. The van der Waals surface area contributed by atoms with E-state index in [4.69, 9.17) is 9.47 Å². The van der Waals surface area contributed by atoms with E-state index >= 15 is 0 Å². The van der Waals surface area contributed by atoms with Gasteiger partial charge in [0.15, 0.2) is 17.4 Å². The van der Waals surface area contributed by atoms with Crippen LogP contribution in [0.15, 0.2) is 70.7 Å². The normalized spacial score (nSPS) is 15.3. The second kappa shape index (κ2) is 12.3. The lowest BCUT2D eigenvalue weighted by Gasteiger charge is -2.28. The van der Waals surface area contributed by atoms with Gasteiger partial charge in [-0.05, 0) is 79.3 Å². The quantitative estimate of drug-likeness (QED) is 0.274. The molecule has 5 nitrogen and oxygen atoms in total. The lowest BCUT2D eigenvalue weighted by atomic mass is 9.93. The Labute approximate surface area is 235 Å². The first-order valence-electron chi connectivity index (χ1n) is 13.2. The van der Waals surface area contributed by atoms with Gasteiger partial charge < -0.3 is 19.7 Å². The van der Waals surface area contributed by atoms with Crippen LogP contribution in [0.2, 0.25) is 0 Å². The van der Waals surface area contributed by atoms with Crippen LogP contribution < -0.4 is 14.8 Å². The highest BCUT2D eigenvalue weighted by Gasteiger charge is 2.35. The highest BCUT2D eigenvalue weighted by molar-refractivity contribution is 9.10. The second-order valence-corrected chi connectivity index (χ2v) is 10.7. The third kappa shape index (κ3) is 6.50. The molecule has 1 N–H and O–H groups in total. The third-order valence-electron chi connectivity index (χ3n) is 7.07. The Bertz CT molecular complexity index is 1370. The highest BCUT2D eigenvalue weighted by atomic mass is 79.9. The molecule has 1 fully saturated rings. The van der Waals surface area contributed by atoms with E-state index in [9.17, 15) is 13.6 Å². The molecule has 1 aliphatic heterocycles. The lowest BCUT2D eigenvalue weighted by Crippen LogP contribution is -2.39. The summed E-state index contributed by atoms with van der Waals surface area (Å²) >= 11 is 3.62. The van der Waals surface area contributed by atoms with E-state index in [0.29, 0.717) is 24.4 Å². The van der Waals surface area contributed by atoms with Crippen LogP contribution in [-0.4, -0.2) is 43.2 Å². The van der Waals surface area contributed by atoms with Crippen LogP contribution in [-0.2, 0) is 11.3 Å². The number of benzene rings is 3. The number of carbonyl (C=O) groups excluding carboxylic acids is 1. The molecule has 0 bridgehead atoms. The molecule has 0 radical (unpaired) electrons. The van der Waals surface area contributed by atoms with Crippen LogP contribution >= 0.6 is 15.9 Å². The standard InChI is InChI=1S/C31H31BrF2N2O3/c1-20-6-13-28(33)30(29(20)34)39-17-16-38-24-11-7-21(8-12-24)25-14-15-35-18-26(25)31(37)36(23-9-10-23)19-22-4-2-3-5-27(22)32/h2-8,11-13,23,35H,9-10,14-19H2,1H3. The summed E-state index contributed by atoms with van der Waals surface area (Å²) in [5.74, 6) is -1.12. The molecular formula is C31H31BrF2N2O3. The molecule has 8 heteroatoms. The maximum absolute atomic E-state index is 14.1. The molecule has 204 valence electrons. The van der Waals surface area contributed by atoms with E-state index in [1.54, 1.807) is 6.92 Å². The number of hydrogen-bond donors (Lipinski definition) is 1. The van der Waals surface area contributed by atoms with Gasteiger partial charge in [-0.25, -0.2) is 8.78 Å². The van der Waals surface area contributed by atoms with Gasteiger partial charge in [-0.1, -0.05) is 52.3 Å². The van der Waals surface area contributed by atoms with Gasteiger partial charge in [0, 0.05) is 29.2 Å². The number of nitrogens with one attached hydrogen (secondary N) is 1. The summed E-state index contributed by atoms with van der Waals surface area (Å²) in [6, 6.07) is 18.5. The summed E-state index contributed by atoms with van der Waals surface area (Å²) in [5, 5.41) is 3.37. The first-order valence-corrected chi connectivity index (χ1v) is 14.0. The van der Waals surface area contributed by atoms with Crippen LogP contribution in [0.1, 0.15) is 36.0 Å². The lowest BCUT2D eigenvalue weighted by molar-refractivity contribution is -0.128. The van der Waals surface area contributed by atoms with Crippen molar-refractivity contribution in [3.63, 3.8) is 0 Å². The van der Waals surface area contributed by atoms with Crippen molar-refractivity contribution >= 4 is 27.4 Å². The van der Waals surface area contributed by atoms with Crippen LogP contribution in [0.3, 0.4) is 0 Å². The molecular weight excluding hydrogens is 566 g/mol. The van der Waals surface area contributed by atoms with Gasteiger partial charge in [-0.2, -0.15) is 0 Å². The molecule has 1 aliphatic carbocycles. The van der Waals surface area contributed by atoms with Crippen molar-refractivity contribution in [3.05, 3.63) is 99.0 Å². The van der Waals surface area contributed by atoms with Crippen molar-refractivity contribution in [2.24, 2.45) is 0 Å². The minimum atomic E-state index is -0.736. The summed E-state index contributed by atoms with van der Waals surface area (Å²) < 4.78 is 40.0. The predicted molar refractivity (Wildman–Crippen MR) is 151 cm³/mol. The predicted octanol–water partition coefficient (Wildman–Crippen LogP) is 6.43. The van der Waals surface area contributed by atoms with Crippen LogP contribution in [0.25, 0.3) is 5.57 Å². The third-order valence-corrected chi connectivity index (χ3v) is 7.84. The average Bonchev–Trinajstić information content (AvgIpc) is 3.80. The van der Waals surface area contributed by atoms with Gasteiger partial charge >= 0.3 is 0 Å². The van der Waals surface area contributed by atoms with E-state index in [1.807, 2.05) is 47.4 Å². The van der Waals surface area contributed by atoms with Crippen molar-refractivity contribution in [1.29, 1.82) is 0 Å². The van der Waals surface area contributed by atoms with Gasteiger partial charge in [0.2, 0.25) is 0 Å². The highest BCUT2D eigenvalue weighted by Crippen LogP contribution is 2.34. The fourth-order valence-corrected chi connectivity index (χ4v) is 5.17. The maximum atomic E-state index is 14.1. The Morgan fingerprint density at radius 1 is 1.03 bits per heavy atom. The van der Waals surface area contributed by atoms with E-state index < -0.39 is 11.6 Å². The Hall–Kier alpha value is -3.23. The molecule has 1 heterocycles. The second-order valence-electron chi connectivity index (χ2n) is 9.87. The van der Waals surface area contributed by atoms with Gasteiger partial charge in [0.1, 0.15) is 19.0 Å². The average molecular weight is 598 g/mol. The van der Waals surface area contributed by atoms with Crippen LogP contribution in [0.5, 0.6) is 11.5 Å². The van der Waals surface area contributed by atoms with E-state index in [-0.39, 0.29) is 30.9 Å². The molecule has 0 aromatic heterocycles. The van der Waals surface area contributed by atoms with E-state index in [1.165, 1.54) is 12.1 Å². The van der Waals surface area contributed by atoms with Gasteiger partial charge in [0.25, 0.3) is 5.91 Å². The fraction of sp³-hybridized carbons (Fsp3) is 0.323. The molecule has 1 saturated carbocycles. The number of nitrogens with zero attached hydrogens (tertiary/aromatic N) is 1. The molecule has 1 amide bonds. The summed E-state index contributed by atoms with van der Waals surface area (Å²) in [7, 11) is 0. The molecule has 5 rings (SSSR count). The smallest absolute Gasteiger partial charge is 0.251 e. The van der Waals surface area contributed by atoms with Crippen molar-refractivity contribution in [1.82, 2.24) is 10.2 Å². The summed E-state index contributed by atoms with van der Waals surface area (Å²) in [5.41, 5.74) is 4.27. The molecule has 0 unspecified atom stereocenters.